The van der Waals surface area contributed by atoms with Gasteiger partial charge in [-0.15, -0.1) is 0 Å². The van der Waals surface area contributed by atoms with Crippen molar-refractivity contribution in [3.63, 3.8) is 0 Å². The van der Waals surface area contributed by atoms with Crippen LogP contribution in [0, 0.1) is 20.8 Å². The molecule has 4 nitrogen and oxygen atoms in total. The predicted octanol–water partition coefficient (Wildman–Crippen LogP) is 2.17. The van der Waals surface area contributed by atoms with Crippen LogP contribution in [0.15, 0.2) is 6.07 Å². The molecule has 1 atom stereocenters. The number of aliphatic hydroxyl groups excluding tert-OH is 1. The number of aliphatic hydroxyl groups is 1. The first kappa shape index (κ1) is 14.5. The van der Waals surface area contributed by atoms with E-state index in [2.05, 4.69) is 0 Å². The lowest BCUT2D eigenvalue weighted by molar-refractivity contribution is -0.139. The molecule has 0 spiro atoms. The average Bonchev–Trinajstić information content (AvgIpc) is 2.31. The van der Waals surface area contributed by atoms with E-state index in [0.29, 0.717) is 0 Å². The quantitative estimate of drug-likeness (QED) is 0.842. The van der Waals surface area contributed by atoms with Crippen LogP contribution < -0.4 is 4.74 Å². The minimum absolute atomic E-state index is 0.138. The van der Waals surface area contributed by atoms with Gasteiger partial charge < -0.3 is 14.9 Å². The summed E-state index contributed by atoms with van der Waals surface area (Å²) in [5.41, 5.74) is 3.54. The van der Waals surface area contributed by atoms with E-state index in [1.807, 2.05) is 26.8 Å². The number of hydrogen-bond donors (Lipinski definition) is 2. The standard InChI is InChI=1S/C14H20O4/c1-8-7-12(11(5-6-15)14(16)17)9(2)10(3)13(8)18-4/h7,11,15H,5-6H2,1-4H3,(H,16,17). The molecular formula is C14H20O4. The monoisotopic (exact) mass is 252 g/mol. The molecule has 1 aromatic carbocycles. The molecule has 0 bridgehead atoms. The fourth-order valence-electron chi connectivity index (χ4n) is 2.31. The Labute approximate surface area is 107 Å². The van der Waals surface area contributed by atoms with E-state index in [1.54, 1.807) is 7.11 Å². The number of ether oxygens (including phenoxy) is 1. The Hall–Kier alpha value is -1.55. The molecule has 2 N–H and O–H groups in total. The van der Waals surface area contributed by atoms with Crippen molar-refractivity contribution in [3.8, 4) is 5.75 Å². The molecule has 0 saturated carbocycles. The molecule has 0 saturated heterocycles. The van der Waals surface area contributed by atoms with Crippen molar-refractivity contribution in [1.82, 2.24) is 0 Å². The van der Waals surface area contributed by atoms with Crippen LogP contribution in [0.25, 0.3) is 0 Å². The van der Waals surface area contributed by atoms with Crippen LogP contribution >= 0.6 is 0 Å². The molecule has 4 heteroatoms. The van der Waals surface area contributed by atoms with Gasteiger partial charge in [-0.1, -0.05) is 6.07 Å². The molecular weight excluding hydrogens is 232 g/mol. The topological polar surface area (TPSA) is 66.8 Å². The van der Waals surface area contributed by atoms with Crippen molar-refractivity contribution >= 4 is 5.97 Å². The first-order chi connectivity index (χ1) is 8.43. The van der Waals surface area contributed by atoms with Gasteiger partial charge in [0.15, 0.2) is 0 Å². The van der Waals surface area contributed by atoms with E-state index < -0.39 is 11.9 Å². The molecule has 100 valence electrons. The molecule has 0 aliphatic carbocycles. The normalized spacial score (nSPS) is 12.3. The first-order valence-corrected chi connectivity index (χ1v) is 5.92. The average molecular weight is 252 g/mol. The third-order valence-corrected chi connectivity index (χ3v) is 3.36. The third kappa shape index (κ3) is 2.64. The summed E-state index contributed by atoms with van der Waals surface area (Å²) in [6.45, 7) is 5.57. The fraction of sp³-hybridized carbons (Fsp3) is 0.500. The van der Waals surface area contributed by atoms with Crippen LogP contribution in [0.2, 0.25) is 0 Å². The lowest BCUT2D eigenvalue weighted by Crippen LogP contribution is -2.15. The minimum atomic E-state index is -0.906. The number of carboxylic acids is 1. The first-order valence-electron chi connectivity index (χ1n) is 5.92. The summed E-state index contributed by atoms with van der Waals surface area (Å²) >= 11 is 0. The summed E-state index contributed by atoms with van der Waals surface area (Å²) < 4.78 is 5.31. The summed E-state index contributed by atoms with van der Waals surface area (Å²) in [5, 5.41) is 18.2. The summed E-state index contributed by atoms with van der Waals surface area (Å²) in [6, 6.07) is 1.84. The fourth-order valence-corrected chi connectivity index (χ4v) is 2.31. The predicted molar refractivity (Wildman–Crippen MR) is 69.3 cm³/mol. The van der Waals surface area contributed by atoms with Crippen LogP contribution in [0.5, 0.6) is 5.75 Å². The van der Waals surface area contributed by atoms with Crippen LogP contribution in [-0.2, 0) is 4.79 Å². The van der Waals surface area contributed by atoms with Crippen LogP contribution in [0.1, 0.15) is 34.6 Å². The lowest BCUT2D eigenvalue weighted by Gasteiger charge is -2.19. The van der Waals surface area contributed by atoms with Crippen molar-refractivity contribution < 1.29 is 19.7 Å². The highest BCUT2D eigenvalue weighted by atomic mass is 16.5. The van der Waals surface area contributed by atoms with E-state index in [4.69, 9.17) is 9.84 Å². The van der Waals surface area contributed by atoms with Crippen molar-refractivity contribution in [2.45, 2.75) is 33.1 Å². The van der Waals surface area contributed by atoms with Crippen LogP contribution in [0.3, 0.4) is 0 Å². The van der Waals surface area contributed by atoms with Crippen LogP contribution in [-0.4, -0.2) is 29.9 Å². The van der Waals surface area contributed by atoms with Gasteiger partial charge in [-0.2, -0.15) is 0 Å². The zero-order valence-corrected chi connectivity index (χ0v) is 11.3. The van der Waals surface area contributed by atoms with Crippen molar-refractivity contribution in [2.75, 3.05) is 13.7 Å². The van der Waals surface area contributed by atoms with Gasteiger partial charge in [0.05, 0.1) is 13.0 Å². The zero-order chi connectivity index (χ0) is 13.9. The highest BCUT2D eigenvalue weighted by molar-refractivity contribution is 5.77. The van der Waals surface area contributed by atoms with E-state index in [1.165, 1.54) is 0 Å². The Morgan fingerprint density at radius 3 is 2.39 bits per heavy atom. The molecule has 0 aliphatic heterocycles. The maximum absolute atomic E-state index is 11.3. The summed E-state index contributed by atoms with van der Waals surface area (Å²) in [6.07, 6.45) is 0.224. The smallest absolute Gasteiger partial charge is 0.311 e. The minimum Gasteiger partial charge on any atom is -0.496 e. The van der Waals surface area contributed by atoms with Crippen molar-refractivity contribution in [1.29, 1.82) is 0 Å². The number of methoxy groups -OCH3 is 1. The molecule has 18 heavy (non-hydrogen) atoms. The second-order valence-corrected chi connectivity index (χ2v) is 4.47. The van der Waals surface area contributed by atoms with Gasteiger partial charge in [-0.3, -0.25) is 4.79 Å². The summed E-state index contributed by atoms with van der Waals surface area (Å²) in [5.74, 6) is -0.779. The summed E-state index contributed by atoms with van der Waals surface area (Å²) in [7, 11) is 1.61. The van der Waals surface area contributed by atoms with Gasteiger partial charge in [0, 0.05) is 6.61 Å². The molecule has 0 fully saturated rings. The van der Waals surface area contributed by atoms with E-state index in [-0.39, 0.29) is 13.0 Å². The largest absolute Gasteiger partial charge is 0.496 e. The molecule has 0 amide bonds. The van der Waals surface area contributed by atoms with E-state index >= 15 is 0 Å². The molecule has 0 aliphatic rings. The molecule has 1 rings (SSSR count). The van der Waals surface area contributed by atoms with E-state index in [9.17, 15) is 9.90 Å². The molecule has 1 aromatic rings. The molecule has 0 heterocycles. The highest BCUT2D eigenvalue weighted by Gasteiger charge is 2.23. The Bertz CT molecular complexity index is 452. The van der Waals surface area contributed by atoms with Crippen LogP contribution in [0.4, 0.5) is 0 Å². The molecule has 0 radical (unpaired) electrons. The van der Waals surface area contributed by atoms with Gasteiger partial charge in [0.25, 0.3) is 0 Å². The number of carboxylic acid groups (broad SMARTS) is 1. The van der Waals surface area contributed by atoms with Gasteiger partial charge in [0.2, 0.25) is 0 Å². The second-order valence-electron chi connectivity index (χ2n) is 4.47. The number of aliphatic carboxylic acids is 1. The van der Waals surface area contributed by atoms with Gasteiger partial charge in [-0.25, -0.2) is 0 Å². The molecule has 0 aromatic heterocycles. The zero-order valence-electron chi connectivity index (χ0n) is 11.3. The maximum Gasteiger partial charge on any atom is 0.311 e. The van der Waals surface area contributed by atoms with Gasteiger partial charge >= 0.3 is 5.97 Å². The summed E-state index contributed by atoms with van der Waals surface area (Å²) in [4.78, 5) is 11.3. The number of benzene rings is 1. The SMILES string of the molecule is COc1c(C)cc(C(CCO)C(=O)O)c(C)c1C. The number of hydrogen-bond acceptors (Lipinski definition) is 3. The third-order valence-electron chi connectivity index (χ3n) is 3.36. The van der Waals surface area contributed by atoms with E-state index in [0.717, 1.165) is 28.0 Å². The Kier molecular flexibility index (Phi) is 4.73. The maximum atomic E-state index is 11.3. The van der Waals surface area contributed by atoms with Crippen molar-refractivity contribution in [3.05, 3.63) is 28.3 Å². The van der Waals surface area contributed by atoms with Gasteiger partial charge in [-0.05, 0) is 49.4 Å². The number of rotatable bonds is 5. The highest BCUT2D eigenvalue weighted by Crippen LogP contribution is 2.33. The Morgan fingerprint density at radius 1 is 1.33 bits per heavy atom. The number of aryl methyl sites for hydroxylation is 1. The Balaban J connectivity index is 3.36. The molecule has 1 unspecified atom stereocenters. The lowest BCUT2D eigenvalue weighted by atomic mass is 9.88. The Morgan fingerprint density at radius 2 is 1.94 bits per heavy atom. The second kappa shape index (κ2) is 5.87. The number of carbonyl (C=O) groups is 1. The van der Waals surface area contributed by atoms with Crippen molar-refractivity contribution in [2.24, 2.45) is 0 Å². The van der Waals surface area contributed by atoms with Gasteiger partial charge in [0.1, 0.15) is 5.75 Å².